The first-order chi connectivity index (χ1) is 20.4. The van der Waals surface area contributed by atoms with Crippen molar-refractivity contribution in [3.63, 3.8) is 0 Å². The summed E-state index contributed by atoms with van der Waals surface area (Å²) in [6.07, 6.45) is 1.84. The molecule has 0 aromatic heterocycles. The molecule has 43 heavy (non-hydrogen) atoms. The second kappa shape index (κ2) is 13.6. The van der Waals surface area contributed by atoms with Crippen molar-refractivity contribution in [2.24, 2.45) is 11.3 Å². The van der Waals surface area contributed by atoms with Crippen LogP contribution < -0.4 is 10.2 Å². The van der Waals surface area contributed by atoms with E-state index >= 15 is 4.39 Å². The van der Waals surface area contributed by atoms with Crippen LogP contribution in [0, 0.1) is 29.5 Å². The van der Waals surface area contributed by atoms with Gasteiger partial charge in [0.25, 0.3) is 5.91 Å². The number of piperazine rings is 1. The second-order valence-electron chi connectivity index (χ2n) is 12.3. The number of nitrogens with one attached hydrogen (secondary N) is 2. The monoisotopic (exact) mass is 593 g/mol. The van der Waals surface area contributed by atoms with Crippen molar-refractivity contribution in [2.75, 3.05) is 44.2 Å². The summed E-state index contributed by atoms with van der Waals surface area (Å²) < 4.78 is 15.3. The predicted octanol–water partition coefficient (Wildman–Crippen LogP) is 4.53. The maximum absolute atomic E-state index is 15.3. The Morgan fingerprint density at radius 2 is 1.63 bits per heavy atom. The van der Waals surface area contributed by atoms with E-state index in [1.54, 1.807) is 24.8 Å². The number of amidine groups is 1. The lowest BCUT2D eigenvalue weighted by molar-refractivity contribution is -0.143. The van der Waals surface area contributed by atoms with Crippen molar-refractivity contribution in [1.29, 1.82) is 5.41 Å². The molecule has 9 nitrogen and oxygen atoms in total. The van der Waals surface area contributed by atoms with Crippen LogP contribution >= 0.6 is 0 Å². The number of hydrogen-bond donors (Lipinski definition) is 3. The number of aliphatic carboxylic acids is 1. The van der Waals surface area contributed by atoms with Gasteiger partial charge in [-0.05, 0) is 70.2 Å². The Morgan fingerprint density at radius 3 is 2.19 bits per heavy atom. The van der Waals surface area contributed by atoms with Crippen molar-refractivity contribution in [3.8, 4) is 0 Å². The number of nitrogens with zero attached hydrogens (tertiary/aromatic N) is 3. The SMILES string of the molecule is CCC(NC(=O)c1ccc(C(=N)N2CCN(c3ccc(C)cc3)CC2)cc1F)C(C)(C)C(=O)N1CCC(CC(=O)O)CC1. The molecule has 0 aliphatic carbocycles. The normalized spacial score (nSPS) is 17.0. The van der Waals surface area contributed by atoms with E-state index in [0.717, 1.165) is 18.8 Å². The molecule has 0 spiro atoms. The lowest BCUT2D eigenvalue weighted by Gasteiger charge is -2.40. The van der Waals surface area contributed by atoms with E-state index in [1.807, 2.05) is 11.8 Å². The van der Waals surface area contributed by atoms with E-state index in [2.05, 4.69) is 41.4 Å². The highest BCUT2D eigenvalue weighted by atomic mass is 19.1. The number of benzene rings is 2. The van der Waals surface area contributed by atoms with E-state index in [4.69, 9.17) is 10.5 Å². The van der Waals surface area contributed by atoms with Crippen molar-refractivity contribution in [3.05, 3.63) is 65.0 Å². The van der Waals surface area contributed by atoms with E-state index < -0.39 is 29.2 Å². The minimum Gasteiger partial charge on any atom is -0.481 e. The molecule has 2 aliphatic rings. The Hall–Kier alpha value is -3.95. The molecule has 10 heteroatoms. The van der Waals surface area contributed by atoms with Gasteiger partial charge >= 0.3 is 5.97 Å². The maximum atomic E-state index is 15.3. The van der Waals surface area contributed by atoms with Crippen molar-refractivity contribution < 1.29 is 23.9 Å². The van der Waals surface area contributed by atoms with Crippen LogP contribution in [0.15, 0.2) is 42.5 Å². The molecule has 2 heterocycles. The van der Waals surface area contributed by atoms with Crippen LogP contribution in [0.25, 0.3) is 0 Å². The highest BCUT2D eigenvalue weighted by Gasteiger charge is 2.41. The highest BCUT2D eigenvalue weighted by Crippen LogP contribution is 2.30. The molecular weight excluding hydrogens is 549 g/mol. The molecule has 2 aromatic carbocycles. The Bertz CT molecular complexity index is 1330. The van der Waals surface area contributed by atoms with Crippen molar-refractivity contribution in [2.45, 2.75) is 59.4 Å². The molecule has 2 saturated heterocycles. The number of carboxylic acid groups (broad SMARTS) is 1. The van der Waals surface area contributed by atoms with Crippen LogP contribution in [0.5, 0.6) is 0 Å². The quantitative estimate of drug-likeness (QED) is 0.291. The molecule has 1 unspecified atom stereocenters. The van der Waals surface area contributed by atoms with Gasteiger partial charge in [0.2, 0.25) is 5.91 Å². The van der Waals surface area contributed by atoms with E-state index in [0.29, 0.717) is 51.0 Å². The average Bonchev–Trinajstić information content (AvgIpc) is 2.99. The van der Waals surface area contributed by atoms with Crippen LogP contribution in [-0.4, -0.2) is 83.8 Å². The van der Waals surface area contributed by atoms with Gasteiger partial charge < -0.3 is 25.1 Å². The number of likely N-dealkylation sites (tertiary alicyclic amines) is 1. The van der Waals surface area contributed by atoms with Crippen molar-refractivity contribution >= 4 is 29.3 Å². The third-order valence-electron chi connectivity index (χ3n) is 8.98. The van der Waals surface area contributed by atoms with Gasteiger partial charge in [-0.15, -0.1) is 0 Å². The maximum Gasteiger partial charge on any atom is 0.303 e. The third kappa shape index (κ3) is 7.53. The molecule has 232 valence electrons. The molecule has 2 fully saturated rings. The Labute approximate surface area is 253 Å². The average molecular weight is 594 g/mol. The van der Waals surface area contributed by atoms with Gasteiger partial charge in [-0.3, -0.25) is 19.8 Å². The topological polar surface area (TPSA) is 117 Å². The minimum absolute atomic E-state index is 0.0574. The van der Waals surface area contributed by atoms with E-state index in [9.17, 15) is 14.4 Å². The number of hydrogen-bond acceptors (Lipinski definition) is 5. The number of carboxylic acids is 1. The van der Waals surface area contributed by atoms with Gasteiger partial charge in [-0.2, -0.15) is 0 Å². The Morgan fingerprint density at radius 1 is 1.00 bits per heavy atom. The number of rotatable bonds is 9. The first-order valence-electron chi connectivity index (χ1n) is 15.2. The number of carbonyl (C=O) groups excluding carboxylic acids is 2. The molecule has 0 radical (unpaired) electrons. The lowest BCUT2D eigenvalue weighted by Crippen LogP contribution is -2.54. The first-order valence-corrected chi connectivity index (χ1v) is 15.2. The van der Waals surface area contributed by atoms with Gasteiger partial charge in [-0.25, -0.2) is 4.39 Å². The second-order valence-corrected chi connectivity index (χ2v) is 12.3. The summed E-state index contributed by atoms with van der Waals surface area (Å²) in [5.74, 6) is -1.97. The fourth-order valence-electron chi connectivity index (χ4n) is 6.15. The number of piperidine rings is 1. The summed E-state index contributed by atoms with van der Waals surface area (Å²) in [6, 6.07) is 12.1. The van der Waals surface area contributed by atoms with Gasteiger partial charge in [0, 0.05) is 63.0 Å². The zero-order valence-corrected chi connectivity index (χ0v) is 25.7. The zero-order chi connectivity index (χ0) is 31.3. The molecule has 0 saturated carbocycles. The number of halogens is 1. The summed E-state index contributed by atoms with van der Waals surface area (Å²) in [7, 11) is 0. The molecule has 2 aromatic rings. The number of anilines is 1. The fourth-order valence-corrected chi connectivity index (χ4v) is 6.15. The molecular formula is C33H44FN5O4. The van der Waals surface area contributed by atoms with E-state index in [-0.39, 0.29) is 29.6 Å². The summed E-state index contributed by atoms with van der Waals surface area (Å²) in [6.45, 7) is 11.2. The van der Waals surface area contributed by atoms with Crippen molar-refractivity contribution in [1.82, 2.24) is 15.1 Å². The van der Waals surface area contributed by atoms with Crippen LogP contribution in [-0.2, 0) is 9.59 Å². The number of carbonyl (C=O) groups is 3. The molecule has 2 amide bonds. The first kappa shape index (κ1) is 32.0. The standard InChI is InChI=1S/C33H44FN5O4/c1-5-28(33(3,4)32(43)39-14-12-23(13-15-39)20-29(40)41)36-31(42)26-11-8-24(21-27(26)34)30(35)38-18-16-37(17-19-38)25-9-6-22(2)7-10-25/h6-11,21,23,28,35H,5,12-20H2,1-4H3,(H,36,42)(H,40,41). The molecule has 4 rings (SSSR count). The zero-order valence-electron chi connectivity index (χ0n) is 25.7. The lowest BCUT2D eigenvalue weighted by atomic mass is 9.80. The Balaban J connectivity index is 1.35. The summed E-state index contributed by atoms with van der Waals surface area (Å²) in [5.41, 5.74) is 1.69. The van der Waals surface area contributed by atoms with Crippen LogP contribution in [0.3, 0.4) is 0 Å². The minimum atomic E-state index is -0.941. The third-order valence-corrected chi connectivity index (χ3v) is 8.98. The summed E-state index contributed by atoms with van der Waals surface area (Å²) >= 11 is 0. The van der Waals surface area contributed by atoms with Gasteiger partial charge in [-0.1, -0.05) is 30.7 Å². The van der Waals surface area contributed by atoms with Crippen LogP contribution in [0.4, 0.5) is 10.1 Å². The fraction of sp³-hybridized carbons (Fsp3) is 0.515. The molecule has 1 atom stereocenters. The van der Waals surface area contributed by atoms with Gasteiger partial charge in [0.1, 0.15) is 11.7 Å². The highest BCUT2D eigenvalue weighted by molar-refractivity contribution is 5.99. The smallest absolute Gasteiger partial charge is 0.303 e. The summed E-state index contributed by atoms with van der Waals surface area (Å²) in [4.78, 5) is 43.7. The number of aryl methyl sites for hydroxylation is 1. The molecule has 3 N–H and O–H groups in total. The van der Waals surface area contributed by atoms with Crippen LogP contribution in [0.1, 0.15) is 67.9 Å². The Kier molecular flexibility index (Phi) is 10.1. The largest absolute Gasteiger partial charge is 0.481 e. The van der Waals surface area contributed by atoms with Gasteiger partial charge in [0.15, 0.2) is 0 Å². The predicted molar refractivity (Wildman–Crippen MR) is 165 cm³/mol. The van der Waals surface area contributed by atoms with E-state index in [1.165, 1.54) is 17.7 Å². The van der Waals surface area contributed by atoms with Crippen LogP contribution in [0.2, 0.25) is 0 Å². The molecule has 2 aliphatic heterocycles. The van der Waals surface area contributed by atoms with Gasteiger partial charge in [0.05, 0.1) is 11.0 Å². The summed E-state index contributed by atoms with van der Waals surface area (Å²) in [5, 5.41) is 20.6. The number of amides is 2. The molecule has 0 bridgehead atoms.